The van der Waals surface area contributed by atoms with Crippen LogP contribution in [0.4, 0.5) is 5.69 Å². The highest BCUT2D eigenvalue weighted by atomic mass is 32.2. The molecule has 0 unspecified atom stereocenters. The second kappa shape index (κ2) is 5.05. The van der Waals surface area contributed by atoms with Crippen LogP contribution in [0.25, 0.3) is 0 Å². The summed E-state index contributed by atoms with van der Waals surface area (Å²) in [7, 11) is 0. The van der Waals surface area contributed by atoms with E-state index in [2.05, 4.69) is 22.1 Å². The Labute approximate surface area is 103 Å². The quantitative estimate of drug-likeness (QED) is 0.809. The summed E-state index contributed by atoms with van der Waals surface area (Å²) in [6.07, 6.45) is 4.03. The maximum atomic E-state index is 11.3. The molecule has 0 aliphatic heterocycles. The van der Waals surface area contributed by atoms with Gasteiger partial charge in [0.1, 0.15) is 11.5 Å². The van der Waals surface area contributed by atoms with Crippen molar-refractivity contribution in [1.29, 1.82) is 0 Å². The van der Waals surface area contributed by atoms with E-state index < -0.39 is 0 Å². The molecule has 1 aromatic heterocycles. The molecule has 4 nitrogen and oxygen atoms in total. The number of aromatic amines is 1. The molecule has 1 aromatic carbocycles. The monoisotopic (exact) mass is 247 g/mol. The number of nitrogen functional groups attached to an aromatic ring is 1. The fourth-order valence-electron chi connectivity index (χ4n) is 1.47. The SMILES string of the molecule is CSc1ccc(Cc2ncc(N)c(=O)[nH]2)cc1. The lowest BCUT2D eigenvalue weighted by molar-refractivity contribution is 0.948. The molecular weight excluding hydrogens is 234 g/mol. The zero-order valence-electron chi connectivity index (χ0n) is 9.43. The number of hydrogen-bond donors (Lipinski definition) is 2. The van der Waals surface area contributed by atoms with Gasteiger partial charge in [-0.25, -0.2) is 4.98 Å². The van der Waals surface area contributed by atoms with Gasteiger partial charge in [0, 0.05) is 11.3 Å². The Morgan fingerprint density at radius 3 is 2.65 bits per heavy atom. The lowest BCUT2D eigenvalue weighted by atomic mass is 10.1. The van der Waals surface area contributed by atoms with Gasteiger partial charge in [0.25, 0.3) is 5.56 Å². The Hall–Kier alpha value is -1.75. The first-order chi connectivity index (χ1) is 8.19. The number of hydrogen-bond acceptors (Lipinski definition) is 4. The zero-order valence-corrected chi connectivity index (χ0v) is 10.3. The predicted molar refractivity (Wildman–Crippen MR) is 70.3 cm³/mol. The van der Waals surface area contributed by atoms with Crippen LogP contribution in [-0.4, -0.2) is 16.2 Å². The summed E-state index contributed by atoms with van der Waals surface area (Å²) in [6.45, 7) is 0. The fourth-order valence-corrected chi connectivity index (χ4v) is 1.88. The van der Waals surface area contributed by atoms with Crippen LogP contribution in [-0.2, 0) is 6.42 Å². The zero-order chi connectivity index (χ0) is 12.3. The molecule has 0 aliphatic carbocycles. The number of rotatable bonds is 3. The van der Waals surface area contributed by atoms with Crippen molar-refractivity contribution >= 4 is 17.4 Å². The summed E-state index contributed by atoms with van der Waals surface area (Å²) in [5.74, 6) is 0.626. The van der Waals surface area contributed by atoms with E-state index in [1.54, 1.807) is 11.8 Å². The van der Waals surface area contributed by atoms with Gasteiger partial charge in [-0.1, -0.05) is 12.1 Å². The van der Waals surface area contributed by atoms with Crippen molar-refractivity contribution in [3.05, 3.63) is 52.2 Å². The first kappa shape index (κ1) is 11.7. The molecule has 0 radical (unpaired) electrons. The minimum atomic E-state index is -0.282. The Balaban J connectivity index is 2.19. The van der Waals surface area contributed by atoms with Crippen molar-refractivity contribution in [2.45, 2.75) is 11.3 Å². The molecule has 0 fully saturated rings. The van der Waals surface area contributed by atoms with Gasteiger partial charge in [-0.15, -0.1) is 11.8 Å². The maximum Gasteiger partial charge on any atom is 0.274 e. The third-order valence-electron chi connectivity index (χ3n) is 2.41. The molecule has 0 atom stereocenters. The second-order valence-corrected chi connectivity index (χ2v) is 4.52. The fraction of sp³-hybridized carbons (Fsp3) is 0.167. The number of nitrogens with one attached hydrogen (secondary N) is 1. The average molecular weight is 247 g/mol. The highest BCUT2D eigenvalue weighted by molar-refractivity contribution is 7.98. The van der Waals surface area contributed by atoms with Crippen LogP contribution < -0.4 is 11.3 Å². The average Bonchev–Trinajstić information content (AvgIpc) is 2.35. The smallest absolute Gasteiger partial charge is 0.274 e. The van der Waals surface area contributed by atoms with Gasteiger partial charge >= 0.3 is 0 Å². The summed E-state index contributed by atoms with van der Waals surface area (Å²) in [4.78, 5) is 19.3. The molecule has 1 heterocycles. The minimum Gasteiger partial charge on any atom is -0.393 e. The van der Waals surface area contributed by atoms with E-state index in [1.807, 2.05) is 18.4 Å². The van der Waals surface area contributed by atoms with Gasteiger partial charge in [-0.3, -0.25) is 4.79 Å². The van der Waals surface area contributed by atoms with Crippen molar-refractivity contribution in [2.75, 3.05) is 12.0 Å². The van der Waals surface area contributed by atoms with Crippen molar-refractivity contribution in [3.63, 3.8) is 0 Å². The van der Waals surface area contributed by atoms with Gasteiger partial charge in [0.05, 0.1) is 6.20 Å². The molecule has 0 spiro atoms. The van der Waals surface area contributed by atoms with E-state index in [-0.39, 0.29) is 11.2 Å². The molecule has 0 saturated carbocycles. The maximum absolute atomic E-state index is 11.3. The molecule has 3 N–H and O–H groups in total. The van der Waals surface area contributed by atoms with E-state index in [0.717, 1.165) is 5.56 Å². The standard InChI is InChI=1S/C12H13N3OS/c1-17-9-4-2-8(3-5-9)6-11-14-7-10(13)12(16)15-11/h2-5,7H,6,13H2,1H3,(H,14,15,16). The molecular formula is C12H13N3OS. The number of H-pyrrole nitrogens is 1. The third-order valence-corrected chi connectivity index (χ3v) is 3.15. The Bertz CT molecular complexity index is 563. The summed E-state index contributed by atoms with van der Waals surface area (Å²) >= 11 is 1.70. The van der Waals surface area contributed by atoms with Gasteiger partial charge in [0.15, 0.2) is 0 Å². The number of nitrogens with two attached hydrogens (primary N) is 1. The van der Waals surface area contributed by atoms with Crippen molar-refractivity contribution in [1.82, 2.24) is 9.97 Å². The molecule has 88 valence electrons. The van der Waals surface area contributed by atoms with Crippen LogP contribution in [0.3, 0.4) is 0 Å². The lowest BCUT2D eigenvalue weighted by Gasteiger charge is -2.02. The topological polar surface area (TPSA) is 71.8 Å². The Morgan fingerprint density at radius 2 is 2.06 bits per heavy atom. The molecule has 2 rings (SSSR count). The van der Waals surface area contributed by atoms with Gasteiger partial charge in [-0.05, 0) is 24.0 Å². The summed E-state index contributed by atoms with van der Waals surface area (Å²) < 4.78 is 0. The number of thioether (sulfide) groups is 1. The highest BCUT2D eigenvalue weighted by Crippen LogP contribution is 2.15. The summed E-state index contributed by atoms with van der Waals surface area (Å²) in [5, 5.41) is 0. The number of aromatic nitrogens is 2. The van der Waals surface area contributed by atoms with Gasteiger partial charge in [-0.2, -0.15) is 0 Å². The molecule has 0 saturated heterocycles. The number of anilines is 1. The lowest BCUT2D eigenvalue weighted by Crippen LogP contribution is -2.15. The largest absolute Gasteiger partial charge is 0.393 e. The van der Waals surface area contributed by atoms with E-state index in [9.17, 15) is 4.79 Å². The molecule has 17 heavy (non-hydrogen) atoms. The van der Waals surface area contributed by atoms with Crippen LogP contribution >= 0.6 is 11.8 Å². The first-order valence-electron chi connectivity index (χ1n) is 5.15. The van der Waals surface area contributed by atoms with Crippen molar-refractivity contribution in [2.24, 2.45) is 0 Å². The van der Waals surface area contributed by atoms with Gasteiger partial charge < -0.3 is 10.7 Å². The molecule has 0 bridgehead atoms. The number of benzene rings is 1. The second-order valence-electron chi connectivity index (χ2n) is 3.64. The van der Waals surface area contributed by atoms with Crippen LogP contribution in [0.2, 0.25) is 0 Å². The molecule has 0 amide bonds. The van der Waals surface area contributed by atoms with Crippen LogP contribution in [0.5, 0.6) is 0 Å². The van der Waals surface area contributed by atoms with Crippen LogP contribution in [0.1, 0.15) is 11.4 Å². The normalized spacial score (nSPS) is 10.4. The molecule has 5 heteroatoms. The Morgan fingerprint density at radius 1 is 1.35 bits per heavy atom. The number of nitrogens with zero attached hydrogens (tertiary/aromatic N) is 1. The third kappa shape index (κ3) is 2.88. The van der Waals surface area contributed by atoms with E-state index in [0.29, 0.717) is 12.2 Å². The highest BCUT2D eigenvalue weighted by Gasteiger charge is 2.01. The first-order valence-corrected chi connectivity index (χ1v) is 6.38. The predicted octanol–water partition coefficient (Wildman–Crippen LogP) is 1.66. The summed E-state index contributed by atoms with van der Waals surface area (Å²) in [5.41, 5.74) is 6.38. The van der Waals surface area contributed by atoms with Crippen molar-refractivity contribution in [3.8, 4) is 0 Å². The molecule has 2 aromatic rings. The van der Waals surface area contributed by atoms with E-state index in [4.69, 9.17) is 5.73 Å². The molecule has 0 aliphatic rings. The van der Waals surface area contributed by atoms with Gasteiger partial charge in [0.2, 0.25) is 0 Å². The minimum absolute atomic E-state index is 0.145. The Kier molecular flexibility index (Phi) is 3.49. The van der Waals surface area contributed by atoms with E-state index in [1.165, 1.54) is 11.1 Å². The van der Waals surface area contributed by atoms with Crippen LogP contribution in [0, 0.1) is 0 Å². The summed E-state index contributed by atoms with van der Waals surface area (Å²) in [6, 6.07) is 8.16. The van der Waals surface area contributed by atoms with Crippen molar-refractivity contribution < 1.29 is 0 Å². The van der Waals surface area contributed by atoms with Crippen LogP contribution in [0.15, 0.2) is 40.2 Å². The van der Waals surface area contributed by atoms with E-state index >= 15 is 0 Å².